The molecule has 2 aliphatic rings. The predicted molar refractivity (Wildman–Crippen MR) is 263 cm³/mol. The fourth-order valence-corrected chi connectivity index (χ4v) is 10.9. The molecular weight excluding hydrogens is 1030 g/mol. The summed E-state index contributed by atoms with van der Waals surface area (Å²) in [6.45, 7) is 7.74. The van der Waals surface area contributed by atoms with Gasteiger partial charge >= 0.3 is 5.97 Å². The number of hydrogen-bond donors (Lipinski definition) is 4. The van der Waals surface area contributed by atoms with Crippen LogP contribution in [0.4, 0.5) is 11.4 Å². The fourth-order valence-electron chi connectivity index (χ4n) is 8.84. The van der Waals surface area contributed by atoms with E-state index in [9.17, 15) is 61.8 Å². The van der Waals surface area contributed by atoms with Gasteiger partial charge in [-0.2, -0.15) is 29.8 Å². The van der Waals surface area contributed by atoms with Gasteiger partial charge in [-0.05, 0) is 94.3 Å². The van der Waals surface area contributed by atoms with E-state index in [0.29, 0.717) is 113 Å². The number of fused-ring (bicyclic) bond motifs is 2. The first kappa shape index (κ1) is 60.8. The van der Waals surface area contributed by atoms with Crippen LogP contribution in [0.15, 0.2) is 70.1 Å². The lowest BCUT2D eigenvalue weighted by atomic mass is 9.75. The van der Waals surface area contributed by atoms with E-state index in [-0.39, 0.29) is 58.5 Å². The summed E-state index contributed by atoms with van der Waals surface area (Å²) in [6, 6.07) is 7.94. The van der Waals surface area contributed by atoms with Gasteiger partial charge in [0.1, 0.15) is 16.7 Å². The smallest absolute Gasteiger partial charge is 0.303 e. The zero-order chi connectivity index (χ0) is 53.2. The van der Waals surface area contributed by atoms with E-state index in [1.807, 2.05) is 9.48 Å². The summed E-state index contributed by atoms with van der Waals surface area (Å²) >= 11 is 0. The second kappa shape index (κ2) is 27.7. The minimum Gasteiger partial charge on any atom is -0.744 e. The molecular formula is C46H68N2O20S4. The molecule has 2 aliphatic heterocycles. The third kappa shape index (κ3) is 18.6. The molecule has 0 amide bonds. The summed E-state index contributed by atoms with van der Waals surface area (Å²) in [4.78, 5) is 12.2. The highest BCUT2D eigenvalue weighted by Gasteiger charge is 2.48. The lowest BCUT2D eigenvalue weighted by molar-refractivity contribution is -0.438. The van der Waals surface area contributed by atoms with Crippen molar-refractivity contribution in [3.05, 3.63) is 71.5 Å². The Hall–Kier alpha value is -3.74. The number of ether oxygens (including phenoxy) is 6. The molecule has 2 unspecified atom stereocenters. The van der Waals surface area contributed by atoms with Gasteiger partial charge in [0.2, 0.25) is 5.69 Å². The number of anilines is 1. The molecule has 2 aromatic carbocycles. The van der Waals surface area contributed by atoms with Crippen LogP contribution in [0.1, 0.15) is 76.3 Å². The van der Waals surface area contributed by atoms with E-state index < -0.39 is 78.6 Å². The van der Waals surface area contributed by atoms with Crippen molar-refractivity contribution < 1.29 is 94.8 Å². The molecule has 4 rings (SSSR count). The number of aliphatic carboxylic acids is 1. The van der Waals surface area contributed by atoms with E-state index >= 15 is 0 Å². The highest BCUT2D eigenvalue weighted by Crippen LogP contribution is 2.51. The lowest BCUT2D eigenvalue weighted by Crippen LogP contribution is -2.32. The molecule has 72 heavy (non-hydrogen) atoms. The number of carboxylic acids is 1. The first-order valence-electron chi connectivity index (χ1n) is 23.4. The van der Waals surface area contributed by atoms with Crippen molar-refractivity contribution in [1.29, 1.82) is 0 Å². The summed E-state index contributed by atoms with van der Waals surface area (Å²) in [5, 5.41) is 9.22. The molecule has 0 fully saturated rings. The summed E-state index contributed by atoms with van der Waals surface area (Å²) in [5.41, 5.74) is 0.567. The number of nitrogens with zero attached hydrogens (tertiary/aromatic N) is 2. The number of rotatable bonds is 36. The molecule has 26 heteroatoms. The van der Waals surface area contributed by atoms with E-state index in [2.05, 4.69) is 0 Å². The first-order chi connectivity index (χ1) is 33.8. The number of unbranched alkanes of at least 4 members (excludes halogenated alkanes) is 2. The van der Waals surface area contributed by atoms with Gasteiger partial charge in [-0.1, -0.05) is 6.08 Å². The van der Waals surface area contributed by atoms with Gasteiger partial charge < -0.3 is 43.0 Å². The predicted octanol–water partition coefficient (Wildman–Crippen LogP) is 4.12. The van der Waals surface area contributed by atoms with Crippen LogP contribution in [0.25, 0.3) is 0 Å². The zero-order valence-corrected chi connectivity index (χ0v) is 44.1. The Balaban J connectivity index is 1.68. The monoisotopic (exact) mass is 1100 g/mol. The maximum Gasteiger partial charge on any atom is 0.303 e. The number of methoxy groups -OCH3 is 1. The Morgan fingerprint density at radius 3 is 1.69 bits per heavy atom. The normalized spacial score (nSPS) is 19.0. The van der Waals surface area contributed by atoms with Gasteiger partial charge in [-0.25, -0.2) is 8.42 Å². The number of carbonyl (C=O) groups is 1. The quantitative estimate of drug-likeness (QED) is 0.0423. The SMILES string of the molecule is COCCOCCOCCOCCOCCOCCN1/C(=C/C=C/C2=[N+](CCCCCC(=O)O)c3ccc(S(=O)(=O)O)cc3C2(C)CCCS(=O)(=O)O)C(C)(CCCS(=O)(=O)O)c2cc(S(=O)(=O)[O-])ccc21. The molecule has 0 aromatic heterocycles. The van der Waals surface area contributed by atoms with Crippen molar-refractivity contribution in [2.75, 3.05) is 109 Å². The van der Waals surface area contributed by atoms with Gasteiger partial charge in [0, 0.05) is 61.0 Å². The minimum absolute atomic E-state index is 0.0424. The zero-order valence-electron chi connectivity index (χ0n) is 40.8. The second-order valence-electron chi connectivity index (χ2n) is 17.6. The molecule has 406 valence electrons. The van der Waals surface area contributed by atoms with Crippen LogP contribution in [0.5, 0.6) is 0 Å². The third-order valence-corrected chi connectivity index (χ3v) is 15.6. The van der Waals surface area contributed by atoms with Crippen LogP contribution >= 0.6 is 0 Å². The molecule has 2 heterocycles. The average molecular weight is 1100 g/mol. The topological polar surface area (TPSA) is 319 Å². The largest absolute Gasteiger partial charge is 0.744 e. The summed E-state index contributed by atoms with van der Waals surface area (Å²) in [5.74, 6) is -2.20. The van der Waals surface area contributed by atoms with Crippen LogP contribution in [-0.4, -0.2) is 178 Å². The van der Waals surface area contributed by atoms with Crippen LogP contribution < -0.4 is 4.90 Å². The Labute approximate surface area is 423 Å². The second-order valence-corrected chi connectivity index (χ2v) is 23.5. The van der Waals surface area contributed by atoms with Crippen molar-refractivity contribution in [2.45, 2.75) is 85.8 Å². The van der Waals surface area contributed by atoms with E-state index in [0.717, 1.165) is 0 Å². The number of carboxylic acid groups (broad SMARTS) is 1. The number of benzene rings is 2. The van der Waals surface area contributed by atoms with Gasteiger partial charge in [-0.3, -0.25) is 18.5 Å². The van der Waals surface area contributed by atoms with E-state index in [1.54, 1.807) is 39.2 Å². The Morgan fingerprint density at radius 1 is 0.667 bits per heavy atom. The molecule has 2 atom stereocenters. The van der Waals surface area contributed by atoms with Crippen molar-refractivity contribution >= 4 is 63.5 Å². The van der Waals surface area contributed by atoms with E-state index in [1.165, 1.54) is 36.4 Å². The molecule has 0 bridgehead atoms. The van der Waals surface area contributed by atoms with Gasteiger partial charge in [0.05, 0.1) is 99.4 Å². The Kier molecular flexibility index (Phi) is 23.4. The molecule has 0 radical (unpaired) electrons. The maximum absolute atomic E-state index is 12.4. The van der Waals surface area contributed by atoms with Crippen molar-refractivity contribution in [2.24, 2.45) is 0 Å². The highest BCUT2D eigenvalue weighted by molar-refractivity contribution is 7.86. The van der Waals surface area contributed by atoms with Crippen LogP contribution in [0.3, 0.4) is 0 Å². The fraction of sp³-hybridized carbons (Fsp3) is 0.609. The standard InChI is InChI=1S/C46H68N2O20S4/c1-45(17-8-32-69(51,52)53)38-34-36(71(57,58)59)13-15-40(38)47(19-6-4-5-12-44(49)50)42(45)10-7-11-43-46(2,18-9-33-70(54,55)56)39-35-37(72(60,61)62)14-16-41(39)48(43)20-21-64-24-25-66-28-29-68-31-30-67-27-26-65-23-22-63-3/h7,10-11,13-16,34-35H,4-6,8-9,12,17-33H2,1-3H3,(H4-,49,50,51,52,53,54,55,56,57,58,59,60,61,62). The molecule has 4 N–H and O–H groups in total. The van der Waals surface area contributed by atoms with Crippen LogP contribution in [0.2, 0.25) is 0 Å². The van der Waals surface area contributed by atoms with E-state index in [4.69, 9.17) is 28.4 Å². The minimum atomic E-state index is -4.96. The van der Waals surface area contributed by atoms with Crippen LogP contribution in [-0.2, 0) is 84.5 Å². The summed E-state index contributed by atoms with van der Waals surface area (Å²) in [6.07, 6.45) is 6.36. The maximum atomic E-state index is 12.4. The van der Waals surface area contributed by atoms with Gasteiger partial charge in [0.15, 0.2) is 5.71 Å². The highest BCUT2D eigenvalue weighted by atomic mass is 32.2. The van der Waals surface area contributed by atoms with Crippen LogP contribution in [0, 0.1) is 0 Å². The van der Waals surface area contributed by atoms with Gasteiger partial charge in [0.25, 0.3) is 30.4 Å². The molecule has 0 saturated carbocycles. The van der Waals surface area contributed by atoms with Crippen molar-refractivity contribution in [1.82, 2.24) is 0 Å². The number of allylic oxidation sites excluding steroid dienone is 4. The summed E-state index contributed by atoms with van der Waals surface area (Å²) in [7, 11) is -16.9. The number of hydrogen-bond acceptors (Lipinski definition) is 17. The third-order valence-electron chi connectivity index (χ3n) is 12.3. The molecule has 0 spiro atoms. The van der Waals surface area contributed by atoms with Crippen molar-refractivity contribution in [3.8, 4) is 0 Å². The Morgan fingerprint density at radius 2 is 1.18 bits per heavy atom. The lowest BCUT2D eigenvalue weighted by Gasteiger charge is -2.30. The molecule has 2 aromatic rings. The molecule has 0 saturated heterocycles. The first-order valence-corrected chi connectivity index (χ1v) is 29.4. The van der Waals surface area contributed by atoms with Crippen molar-refractivity contribution in [3.63, 3.8) is 0 Å². The average Bonchev–Trinajstić information content (AvgIpc) is 3.65. The Bertz CT molecular complexity index is 2690. The molecule has 22 nitrogen and oxygen atoms in total. The molecule has 0 aliphatic carbocycles. The summed E-state index contributed by atoms with van der Waals surface area (Å²) < 4.78 is 174. The van der Waals surface area contributed by atoms with Gasteiger partial charge in [-0.15, -0.1) is 0 Å².